The Morgan fingerprint density at radius 1 is 1.17 bits per heavy atom. The van der Waals surface area contributed by atoms with Crippen LogP contribution in [0.1, 0.15) is 37.8 Å². The van der Waals surface area contributed by atoms with Crippen LogP contribution in [0.15, 0.2) is 23.2 Å². The zero-order chi connectivity index (χ0) is 17.2. The van der Waals surface area contributed by atoms with Gasteiger partial charge in [-0.1, -0.05) is 25.8 Å². The quantitative estimate of drug-likeness (QED) is 0.438. The number of guanidine groups is 1. The molecular formula is C17H28F2N4. The lowest BCUT2D eigenvalue weighted by atomic mass is 10.0. The van der Waals surface area contributed by atoms with Gasteiger partial charge in [-0.3, -0.25) is 4.99 Å². The Morgan fingerprint density at radius 2 is 1.83 bits per heavy atom. The maximum absolute atomic E-state index is 14.0. The largest absolute Gasteiger partial charge is 0.356 e. The van der Waals surface area contributed by atoms with Crippen molar-refractivity contribution in [2.45, 2.75) is 32.2 Å². The third-order valence-corrected chi connectivity index (χ3v) is 3.72. The second-order valence-corrected chi connectivity index (χ2v) is 5.70. The van der Waals surface area contributed by atoms with Gasteiger partial charge in [-0.05, 0) is 32.6 Å². The van der Waals surface area contributed by atoms with E-state index in [0.717, 1.165) is 25.8 Å². The molecule has 1 aromatic rings. The summed E-state index contributed by atoms with van der Waals surface area (Å²) in [6.45, 7) is 3.34. The van der Waals surface area contributed by atoms with Gasteiger partial charge in [0.1, 0.15) is 11.6 Å². The van der Waals surface area contributed by atoms with Crippen LogP contribution in [0.5, 0.6) is 0 Å². The number of benzene rings is 1. The topological polar surface area (TPSA) is 39.7 Å². The van der Waals surface area contributed by atoms with E-state index in [2.05, 4.69) is 22.5 Å². The van der Waals surface area contributed by atoms with E-state index in [-0.39, 0.29) is 5.56 Å². The van der Waals surface area contributed by atoms with Gasteiger partial charge in [0.05, 0.1) is 6.04 Å². The normalized spacial score (nSPS) is 13.3. The SMILES string of the molecule is CCCCCNC(=NC)NCC(c1c(F)cccc1F)N(C)C. The maximum atomic E-state index is 14.0. The molecule has 0 heterocycles. The molecule has 0 bridgehead atoms. The average molecular weight is 326 g/mol. The van der Waals surface area contributed by atoms with Crippen molar-refractivity contribution in [3.8, 4) is 0 Å². The molecule has 1 aromatic carbocycles. The van der Waals surface area contributed by atoms with E-state index in [1.165, 1.54) is 18.2 Å². The summed E-state index contributed by atoms with van der Waals surface area (Å²) in [7, 11) is 5.29. The first kappa shape index (κ1) is 19.4. The Hall–Kier alpha value is -1.69. The molecule has 0 radical (unpaired) electrons. The molecule has 23 heavy (non-hydrogen) atoms. The molecule has 0 aromatic heterocycles. The number of halogens is 2. The van der Waals surface area contributed by atoms with E-state index in [1.54, 1.807) is 26.0 Å². The molecule has 0 saturated heterocycles. The molecule has 0 fully saturated rings. The van der Waals surface area contributed by atoms with Crippen molar-refractivity contribution in [3.05, 3.63) is 35.4 Å². The molecule has 0 saturated carbocycles. The fourth-order valence-corrected chi connectivity index (χ4v) is 2.37. The highest BCUT2D eigenvalue weighted by Gasteiger charge is 2.22. The lowest BCUT2D eigenvalue weighted by Crippen LogP contribution is -2.42. The first-order valence-electron chi connectivity index (χ1n) is 8.06. The van der Waals surface area contributed by atoms with Crippen LogP contribution in [0, 0.1) is 11.6 Å². The lowest BCUT2D eigenvalue weighted by Gasteiger charge is -2.26. The van der Waals surface area contributed by atoms with Crippen LogP contribution in [-0.4, -0.2) is 45.1 Å². The fraction of sp³-hybridized carbons (Fsp3) is 0.588. The smallest absolute Gasteiger partial charge is 0.191 e. The van der Waals surface area contributed by atoms with Gasteiger partial charge >= 0.3 is 0 Å². The van der Waals surface area contributed by atoms with Crippen LogP contribution in [0.2, 0.25) is 0 Å². The van der Waals surface area contributed by atoms with Crippen molar-refractivity contribution in [2.24, 2.45) is 4.99 Å². The van der Waals surface area contributed by atoms with Gasteiger partial charge in [-0.2, -0.15) is 0 Å². The van der Waals surface area contributed by atoms with Crippen molar-refractivity contribution in [1.29, 1.82) is 0 Å². The second-order valence-electron chi connectivity index (χ2n) is 5.70. The molecule has 4 nitrogen and oxygen atoms in total. The van der Waals surface area contributed by atoms with Gasteiger partial charge in [0.15, 0.2) is 5.96 Å². The number of rotatable bonds is 8. The Balaban J connectivity index is 2.70. The van der Waals surface area contributed by atoms with Crippen molar-refractivity contribution in [3.63, 3.8) is 0 Å². The summed E-state index contributed by atoms with van der Waals surface area (Å²) in [5.41, 5.74) is 0.0754. The van der Waals surface area contributed by atoms with E-state index in [4.69, 9.17) is 0 Å². The summed E-state index contributed by atoms with van der Waals surface area (Å²) in [5, 5.41) is 6.36. The predicted molar refractivity (Wildman–Crippen MR) is 91.7 cm³/mol. The summed E-state index contributed by atoms with van der Waals surface area (Å²) < 4.78 is 28.0. The third kappa shape index (κ3) is 6.14. The average Bonchev–Trinajstić information content (AvgIpc) is 2.51. The summed E-state index contributed by atoms with van der Waals surface area (Å²) in [6, 6.07) is 3.52. The highest BCUT2D eigenvalue weighted by Crippen LogP contribution is 2.23. The highest BCUT2D eigenvalue weighted by molar-refractivity contribution is 5.79. The molecule has 0 aliphatic heterocycles. The first-order chi connectivity index (χ1) is 11.0. The van der Waals surface area contributed by atoms with Crippen molar-refractivity contribution < 1.29 is 8.78 Å². The van der Waals surface area contributed by atoms with E-state index in [9.17, 15) is 8.78 Å². The Bertz CT molecular complexity index is 483. The Kier molecular flexibility index (Phi) is 8.55. The van der Waals surface area contributed by atoms with E-state index in [0.29, 0.717) is 12.5 Å². The summed E-state index contributed by atoms with van der Waals surface area (Å²) in [6.07, 6.45) is 3.38. The van der Waals surface area contributed by atoms with Gasteiger partial charge < -0.3 is 15.5 Å². The maximum Gasteiger partial charge on any atom is 0.191 e. The van der Waals surface area contributed by atoms with Gasteiger partial charge in [-0.25, -0.2) is 8.78 Å². The van der Waals surface area contributed by atoms with Crippen LogP contribution < -0.4 is 10.6 Å². The van der Waals surface area contributed by atoms with Gasteiger partial charge in [0.25, 0.3) is 0 Å². The zero-order valence-electron chi connectivity index (χ0n) is 14.5. The Morgan fingerprint density at radius 3 is 2.35 bits per heavy atom. The second kappa shape index (κ2) is 10.2. The molecule has 0 aliphatic rings. The predicted octanol–water partition coefficient (Wildman–Crippen LogP) is 2.92. The summed E-state index contributed by atoms with van der Waals surface area (Å²) in [4.78, 5) is 5.93. The number of likely N-dealkylation sites (N-methyl/N-ethyl adjacent to an activating group) is 1. The summed E-state index contributed by atoms with van der Waals surface area (Å²) >= 11 is 0. The van der Waals surface area contributed by atoms with Crippen LogP contribution in [0.3, 0.4) is 0 Å². The standard InChI is InChI=1S/C17H28F2N4/c1-5-6-7-11-21-17(20-2)22-12-15(23(3)4)16-13(18)9-8-10-14(16)19/h8-10,15H,5-7,11-12H2,1-4H3,(H2,20,21,22). The minimum atomic E-state index is -0.531. The molecule has 130 valence electrons. The minimum absolute atomic E-state index is 0.0754. The monoisotopic (exact) mass is 326 g/mol. The van der Waals surface area contributed by atoms with E-state index in [1.807, 2.05) is 0 Å². The molecule has 0 spiro atoms. The fourth-order valence-electron chi connectivity index (χ4n) is 2.37. The van der Waals surface area contributed by atoms with Gasteiger partial charge in [0.2, 0.25) is 0 Å². The number of nitrogens with one attached hydrogen (secondary N) is 2. The molecule has 1 rings (SSSR count). The number of hydrogen-bond donors (Lipinski definition) is 2. The molecule has 6 heteroatoms. The zero-order valence-corrected chi connectivity index (χ0v) is 14.5. The molecule has 0 aliphatic carbocycles. The highest BCUT2D eigenvalue weighted by atomic mass is 19.1. The van der Waals surface area contributed by atoms with Crippen LogP contribution in [0.25, 0.3) is 0 Å². The number of hydrogen-bond acceptors (Lipinski definition) is 2. The van der Waals surface area contributed by atoms with E-state index >= 15 is 0 Å². The molecular weight excluding hydrogens is 298 g/mol. The molecule has 0 amide bonds. The van der Waals surface area contributed by atoms with Gasteiger partial charge in [0, 0.05) is 25.7 Å². The first-order valence-corrected chi connectivity index (χ1v) is 8.06. The third-order valence-electron chi connectivity index (χ3n) is 3.72. The number of aliphatic imine (C=N–C) groups is 1. The molecule has 2 N–H and O–H groups in total. The van der Waals surface area contributed by atoms with E-state index < -0.39 is 17.7 Å². The number of nitrogens with zero attached hydrogens (tertiary/aromatic N) is 2. The van der Waals surface area contributed by atoms with Crippen LogP contribution in [-0.2, 0) is 0 Å². The van der Waals surface area contributed by atoms with Crippen molar-refractivity contribution in [2.75, 3.05) is 34.2 Å². The van der Waals surface area contributed by atoms with Crippen LogP contribution >= 0.6 is 0 Å². The summed E-state index contributed by atoms with van der Waals surface area (Å²) in [5.74, 6) is -0.419. The van der Waals surface area contributed by atoms with Gasteiger partial charge in [-0.15, -0.1) is 0 Å². The van der Waals surface area contributed by atoms with Crippen molar-refractivity contribution >= 4 is 5.96 Å². The molecule has 1 atom stereocenters. The number of unbranched alkanes of at least 4 members (excludes halogenated alkanes) is 2. The lowest BCUT2D eigenvalue weighted by molar-refractivity contribution is 0.282. The van der Waals surface area contributed by atoms with Crippen molar-refractivity contribution in [1.82, 2.24) is 15.5 Å². The molecule has 1 unspecified atom stereocenters. The minimum Gasteiger partial charge on any atom is -0.356 e. The van der Waals surface area contributed by atoms with Crippen LogP contribution in [0.4, 0.5) is 8.78 Å². The Labute approximate surface area is 138 Å².